The Morgan fingerprint density at radius 3 is 1.40 bits per heavy atom. The average molecular weight is 688 g/mol. The van der Waals surface area contributed by atoms with E-state index >= 15 is 0 Å². The molecule has 0 aliphatic carbocycles. The van der Waals surface area contributed by atoms with Gasteiger partial charge in [0.15, 0.2) is 0 Å². The van der Waals surface area contributed by atoms with Gasteiger partial charge in [-0.1, -0.05) is 73.4 Å². The molecular weight excluding hydrogens is 666 g/mol. The Morgan fingerprint density at radius 1 is 0.680 bits per heavy atom. The minimum Gasteiger partial charge on any atom is -0.0561 e. The molecule has 2 rings (SSSR count). The zero-order valence-corrected chi connectivity index (χ0v) is 22.8. The molecule has 0 unspecified atom stereocenters. The zero-order valence-electron chi connectivity index (χ0n) is 15.3. The molecule has 134 valence electrons. The first-order valence-electron chi connectivity index (χ1n) is 8.07. The van der Waals surface area contributed by atoms with Crippen molar-refractivity contribution in [2.45, 2.75) is 52.4 Å². The van der Waals surface area contributed by atoms with Gasteiger partial charge in [0.1, 0.15) is 0 Å². The fourth-order valence-corrected chi connectivity index (χ4v) is 5.80. The first-order chi connectivity index (χ1) is 11.3. The maximum absolute atomic E-state index is 3.75. The van der Waals surface area contributed by atoms with E-state index < -0.39 is 0 Å². The molecule has 0 bridgehead atoms. The number of halogens is 4. The van der Waals surface area contributed by atoms with Crippen LogP contribution in [0.5, 0.6) is 0 Å². The van der Waals surface area contributed by atoms with Crippen LogP contribution in [-0.4, -0.2) is 0 Å². The number of hydrogen-bond donors (Lipinski definition) is 0. The smallest absolute Gasteiger partial charge is 0.0548 e. The van der Waals surface area contributed by atoms with E-state index in [1.807, 2.05) is 0 Å². The Kier molecular flexibility index (Phi) is 7.16. The van der Waals surface area contributed by atoms with Crippen LogP contribution in [-0.2, 0) is 10.8 Å². The molecule has 0 aliphatic rings. The standard InChI is InChI=1S/C21H22Br2I2/c1-20(2,3)12-7-16(22)14(17(23)8-12)11-15-18(24)9-13(10-19(15)25)21(4,5)6/h7-10H,1-6H3. The minimum atomic E-state index is 0.112. The van der Waals surface area contributed by atoms with E-state index in [0.717, 1.165) is 20.1 Å². The Hall–Kier alpha value is 0.860. The highest BCUT2D eigenvalue weighted by atomic mass is 127. The van der Waals surface area contributed by atoms with Gasteiger partial charge in [0.05, 0.1) is 6.42 Å². The van der Waals surface area contributed by atoms with Crippen LogP contribution in [0.25, 0.3) is 0 Å². The third-order valence-electron chi connectivity index (χ3n) is 4.07. The quantitative estimate of drug-likeness (QED) is 0.278. The second-order valence-electron chi connectivity index (χ2n) is 8.25. The molecule has 0 heterocycles. The molecule has 0 N–H and O–H groups in total. The third-order valence-corrected chi connectivity index (χ3v) is 7.02. The van der Waals surface area contributed by atoms with Crippen molar-refractivity contribution >= 4 is 77.0 Å². The van der Waals surface area contributed by atoms with Crippen molar-refractivity contribution in [2.75, 3.05) is 0 Å². The van der Waals surface area contributed by atoms with Crippen molar-refractivity contribution in [1.29, 1.82) is 0 Å². The van der Waals surface area contributed by atoms with E-state index in [9.17, 15) is 0 Å². The number of rotatable bonds is 2. The monoisotopic (exact) mass is 686 g/mol. The number of benzene rings is 2. The Morgan fingerprint density at radius 2 is 1.04 bits per heavy atom. The van der Waals surface area contributed by atoms with E-state index in [2.05, 4.69) is 149 Å². The van der Waals surface area contributed by atoms with Gasteiger partial charge < -0.3 is 0 Å². The maximum Gasteiger partial charge on any atom is 0.0548 e. The van der Waals surface area contributed by atoms with E-state index in [0.29, 0.717) is 0 Å². The first kappa shape index (κ1) is 22.2. The second kappa shape index (κ2) is 8.08. The highest BCUT2D eigenvalue weighted by Gasteiger charge is 2.21. The largest absolute Gasteiger partial charge is 0.0561 e. The lowest BCUT2D eigenvalue weighted by atomic mass is 9.85. The zero-order chi connectivity index (χ0) is 19.2. The van der Waals surface area contributed by atoms with E-state index in [1.54, 1.807) is 0 Å². The van der Waals surface area contributed by atoms with E-state index in [-0.39, 0.29) is 10.8 Å². The lowest BCUT2D eigenvalue weighted by molar-refractivity contribution is 0.589. The third kappa shape index (κ3) is 5.44. The fourth-order valence-electron chi connectivity index (χ4n) is 2.38. The van der Waals surface area contributed by atoms with Crippen LogP contribution < -0.4 is 0 Å². The summed E-state index contributed by atoms with van der Waals surface area (Å²) in [4.78, 5) is 0. The predicted octanol–water partition coefficient (Wildman–Crippen LogP) is 8.49. The van der Waals surface area contributed by atoms with Crippen LogP contribution in [0.15, 0.2) is 33.2 Å². The Labute approximate surface area is 196 Å². The van der Waals surface area contributed by atoms with Crippen LogP contribution in [0.1, 0.15) is 63.8 Å². The second-order valence-corrected chi connectivity index (χ2v) is 12.3. The molecule has 25 heavy (non-hydrogen) atoms. The van der Waals surface area contributed by atoms with E-state index in [4.69, 9.17) is 0 Å². The molecule has 0 atom stereocenters. The topological polar surface area (TPSA) is 0 Å². The van der Waals surface area contributed by atoms with Gasteiger partial charge in [-0.3, -0.25) is 0 Å². The molecule has 0 nitrogen and oxygen atoms in total. The molecule has 2 radical (unpaired) electrons. The summed E-state index contributed by atoms with van der Waals surface area (Å²) in [6, 6.07) is 8.96. The van der Waals surface area contributed by atoms with Gasteiger partial charge in [-0.2, -0.15) is 0 Å². The highest BCUT2D eigenvalue weighted by Crippen LogP contribution is 2.37. The van der Waals surface area contributed by atoms with Crippen LogP contribution in [0.3, 0.4) is 0 Å². The summed E-state index contributed by atoms with van der Waals surface area (Å²) in [6.07, 6.45) is 3.63. The molecule has 2 aromatic rings. The SMILES string of the molecule is CC(C)(C)c1cc(Br)c([C]c2c(I)cc(C(C)(C)C)cc2I)c(Br)c1. The van der Waals surface area contributed by atoms with Gasteiger partial charge in [0, 0.05) is 16.1 Å². The summed E-state index contributed by atoms with van der Waals surface area (Å²) in [7, 11) is 0. The Bertz CT molecular complexity index is 683. The van der Waals surface area contributed by atoms with Gasteiger partial charge >= 0.3 is 0 Å². The summed E-state index contributed by atoms with van der Waals surface area (Å²) in [6.45, 7) is 13.4. The fraction of sp³-hybridized carbons (Fsp3) is 0.381. The molecule has 0 saturated carbocycles. The van der Waals surface area contributed by atoms with Crippen molar-refractivity contribution in [3.63, 3.8) is 0 Å². The van der Waals surface area contributed by atoms with Crippen molar-refractivity contribution in [2.24, 2.45) is 0 Å². The summed E-state index contributed by atoms with van der Waals surface area (Å²) in [5, 5.41) is 0. The normalized spacial score (nSPS) is 12.6. The lowest BCUT2D eigenvalue weighted by Gasteiger charge is -2.23. The van der Waals surface area contributed by atoms with Gasteiger partial charge in [-0.15, -0.1) is 0 Å². The molecule has 0 aromatic heterocycles. The summed E-state index contributed by atoms with van der Waals surface area (Å²) >= 11 is 12.3. The molecular formula is C21H22Br2I2. The first-order valence-corrected chi connectivity index (χ1v) is 11.8. The van der Waals surface area contributed by atoms with Crippen molar-refractivity contribution in [3.05, 3.63) is 69.0 Å². The molecule has 0 saturated heterocycles. The van der Waals surface area contributed by atoms with Gasteiger partial charge in [-0.05, 0) is 103 Å². The lowest BCUT2D eigenvalue weighted by Crippen LogP contribution is -2.13. The maximum atomic E-state index is 3.75. The predicted molar refractivity (Wildman–Crippen MR) is 133 cm³/mol. The van der Waals surface area contributed by atoms with Gasteiger partial charge in [-0.25, -0.2) is 0 Å². The van der Waals surface area contributed by atoms with Crippen LogP contribution >= 0.6 is 77.0 Å². The number of hydrogen-bond acceptors (Lipinski definition) is 0. The molecule has 0 spiro atoms. The molecule has 0 fully saturated rings. The molecule has 4 heteroatoms. The van der Waals surface area contributed by atoms with Crippen molar-refractivity contribution in [1.82, 2.24) is 0 Å². The van der Waals surface area contributed by atoms with Crippen LogP contribution in [0.2, 0.25) is 0 Å². The molecule has 2 aromatic carbocycles. The van der Waals surface area contributed by atoms with Gasteiger partial charge in [0.25, 0.3) is 0 Å². The molecule has 0 amide bonds. The minimum absolute atomic E-state index is 0.112. The summed E-state index contributed by atoms with van der Waals surface area (Å²) in [5.74, 6) is 0. The van der Waals surface area contributed by atoms with Crippen molar-refractivity contribution in [3.8, 4) is 0 Å². The summed E-state index contributed by atoms with van der Waals surface area (Å²) < 4.78 is 4.60. The Balaban J connectivity index is 2.48. The van der Waals surface area contributed by atoms with Crippen LogP contribution in [0.4, 0.5) is 0 Å². The summed E-state index contributed by atoms with van der Waals surface area (Å²) in [5.41, 5.74) is 5.12. The van der Waals surface area contributed by atoms with Crippen LogP contribution in [0, 0.1) is 13.6 Å². The average Bonchev–Trinajstić information content (AvgIpc) is 2.42. The van der Waals surface area contributed by atoms with Gasteiger partial charge in [0.2, 0.25) is 0 Å². The highest BCUT2D eigenvalue weighted by molar-refractivity contribution is 14.1. The molecule has 0 aliphatic heterocycles. The van der Waals surface area contributed by atoms with Crippen molar-refractivity contribution < 1.29 is 0 Å². The van der Waals surface area contributed by atoms with E-state index in [1.165, 1.54) is 18.3 Å².